The Morgan fingerprint density at radius 1 is 1.25 bits per heavy atom. The van der Waals surface area contributed by atoms with Gasteiger partial charge in [0.1, 0.15) is 12.6 Å². The molecule has 1 aliphatic rings. The van der Waals surface area contributed by atoms with E-state index in [-0.39, 0.29) is 24.0 Å². The molecular formula is C22H29N3O5S2. The molecule has 0 aliphatic carbocycles. The Morgan fingerprint density at radius 2 is 1.91 bits per heavy atom. The monoisotopic (exact) mass is 479 g/mol. The van der Waals surface area contributed by atoms with Crippen LogP contribution in [0.2, 0.25) is 0 Å². The molecule has 1 aliphatic heterocycles. The van der Waals surface area contributed by atoms with Crippen molar-refractivity contribution in [1.29, 1.82) is 0 Å². The van der Waals surface area contributed by atoms with Crippen LogP contribution in [0, 0.1) is 20.8 Å². The van der Waals surface area contributed by atoms with E-state index in [4.69, 9.17) is 4.74 Å². The van der Waals surface area contributed by atoms with Gasteiger partial charge in [0.05, 0.1) is 10.6 Å². The number of ether oxygens (including phenoxy) is 1. The van der Waals surface area contributed by atoms with Crippen molar-refractivity contribution in [1.82, 2.24) is 9.29 Å². The highest BCUT2D eigenvalue weighted by Crippen LogP contribution is 2.31. The second-order valence-electron chi connectivity index (χ2n) is 7.99. The minimum atomic E-state index is -3.84. The molecular weight excluding hydrogens is 450 g/mol. The largest absolute Gasteiger partial charge is 0.458 e. The lowest BCUT2D eigenvalue weighted by Crippen LogP contribution is -2.41. The second kappa shape index (κ2) is 9.68. The van der Waals surface area contributed by atoms with Crippen molar-refractivity contribution in [3.63, 3.8) is 0 Å². The van der Waals surface area contributed by atoms with Gasteiger partial charge >= 0.3 is 5.97 Å². The number of rotatable bonds is 7. The summed E-state index contributed by atoms with van der Waals surface area (Å²) >= 11 is 1.30. The first-order valence-corrected chi connectivity index (χ1v) is 12.9. The van der Waals surface area contributed by atoms with Gasteiger partial charge in [-0.3, -0.25) is 14.5 Å². The quantitative estimate of drug-likeness (QED) is 0.565. The molecule has 1 fully saturated rings. The van der Waals surface area contributed by atoms with E-state index in [0.29, 0.717) is 41.3 Å². The van der Waals surface area contributed by atoms with Gasteiger partial charge in [0, 0.05) is 25.4 Å². The molecule has 1 saturated heterocycles. The Morgan fingerprint density at radius 3 is 2.50 bits per heavy atom. The number of thiazole rings is 1. The molecule has 1 aromatic heterocycles. The SMILES string of the molecule is CCN(C(C)=O)c1nc(COC(=O)C2CCCN2S(=O)(=O)c2c(C)cc(C)cc2C)cs1. The summed E-state index contributed by atoms with van der Waals surface area (Å²) in [5, 5.41) is 2.28. The fourth-order valence-electron chi connectivity index (χ4n) is 4.17. The Labute approximate surface area is 193 Å². The third-order valence-electron chi connectivity index (χ3n) is 5.48. The summed E-state index contributed by atoms with van der Waals surface area (Å²) in [7, 11) is -3.84. The molecule has 10 heteroatoms. The molecule has 1 aromatic carbocycles. The van der Waals surface area contributed by atoms with Gasteiger partial charge in [0.2, 0.25) is 15.9 Å². The number of sulfonamides is 1. The van der Waals surface area contributed by atoms with Crippen LogP contribution in [-0.2, 0) is 31.0 Å². The van der Waals surface area contributed by atoms with Gasteiger partial charge in [0.25, 0.3) is 0 Å². The Kier molecular flexibility index (Phi) is 7.36. The van der Waals surface area contributed by atoms with Crippen LogP contribution in [0.3, 0.4) is 0 Å². The van der Waals surface area contributed by atoms with E-state index < -0.39 is 22.0 Å². The van der Waals surface area contributed by atoms with Gasteiger partial charge in [-0.25, -0.2) is 13.4 Å². The summed E-state index contributed by atoms with van der Waals surface area (Å²) < 4.78 is 33.5. The number of nitrogens with zero attached hydrogens (tertiary/aromatic N) is 3. The van der Waals surface area contributed by atoms with Crippen LogP contribution < -0.4 is 4.90 Å². The minimum Gasteiger partial charge on any atom is -0.458 e. The van der Waals surface area contributed by atoms with Crippen LogP contribution in [0.5, 0.6) is 0 Å². The van der Waals surface area contributed by atoms with Crippen molar-refractivity contribution >= 4 is 38.4 Å². The highest BCUT2D eigenvalue weighted by molar-refractivity contribution is 7.89. The van der Waals surface area contributed by atoms with Crippen LogP contribution in [0.25, 0.3) is 0 Å². The lowest BCUT2D eigenvalue weighted by Gasteiger charge is -2.24. The Bertz CT molecular complexity index is 1100. The predicted octanol–water partition coefficient (Wildman–Crippen LogP) is 3.34. The number of esters is 1. The number of anilines is 1. The Hall–Kier alpha value is -2.30. The maximum Gasteiger partial charge on any atom is 0.324 e. The molecule has 2 aromatic rings. The van der Waals surface area contributed by atoms with Crippen molar-refractivity contribution in [2.24, 2.45) is 0 Å². The number of amides is 1. The summed E-state index contributed by atoms with van der Waals surface area (Å²) in [5.41, 5.74) is 2.85. The van der Waals surface area contributed by atoms with Crippen molar-refractivity contribution in [2.75, 3.05) is 18.0 Å². The normalized spacial score (nSPS) is 16.8. The summed E-state index contributed by atoms with van der Waals surface area (Å²) in [6, 6.07) is 2.82. The molecule has 0 radical (unpaired) electrons. The first kappa shape index (κ1) is 24.3. The highest BCUT2D eigenvalue weighted by atomic mass is 32.2. The molecule has 174 valence electrons. The molecule has 8 nitrogen and oxygen atoms in total. The van der Waals surface area contributed by atoms with E-state index in [0.717, 1.165) is 5.56 Å². The van der Waals surface area contributed by atoms with E-state index in [1.165, 1.54) is 27.5 Å². The standard InChI is InChI=1S/C22H29N3O5S2/c1-6-24(17(5)26)22-23-18(13-31-22)12-30-21(27)19-8-7-9-25(19)32(28,29)20-15(3)10-14(2)11-16(20)4/h10-11,13,19H,6-9,12H2,1-5H3. The molecule has 2 heterocycles. The average molecular weight is 480 g/mol. The number of carbonyl (C=O) groups excluding carboxylic acids is 2. The van der Waals surface area contributed by atoms with Crippen LogP contribution >= 0.6 is 11.3 Å². The van der Waals surface area contributed by atoms with Crippen molar-refractivity contribution in [3.8, 4) is 0 Å². The highest BCUT2D eigenvalue weighted by Gasteiger charge is 2.41. The zero-order chi connectivity index (χ0) is 23.6. The molecule has 0 N–H and O–H groups in total. The molecule has 0 spiro atoms. The number of carbonyl (C=O) groups is 2. The zero-order valence-electron chi connectivity index (χ0n) is 19.0. The van der Waals surface area contributed by atoms with E-state index in [9.17, 15) is 18.0 Å². The van der Waals surface area contributed by atoms with Crippen molar-refractivity contribution in [2.45, 2.75) is 65.0 Å². The number of benzene rings is 1. The van der Waals surface area contributed by atoms with E-state index in [2.05, 4.69) is 4.98 Å². The molecule has 1 atom stereocenters. The predicted molar refractivity (Wildman–Crippen MR) is 123 cm³/mol. The van der Waals surface area contributed by atoms with E-state index in [1.54, 1.807) is 19.2 Å². The number of hydrogen-bond donors (Lipinski definition) is 0. The zero-order valence-corrected chi connectivity index (χ0v) is 20.7. The summed E-state index contributed by atoms with van der Waals surface area (Å²) in [4.78, 5) is 30.7. The van der Waals surface area contributed by atoms with Crippen LogP contribution in [0.4, 0.5) is 5.13 Å². The topological polar surface area (TPSA) is 96.9 Å². The molecule has 3 rings (SSSR count). The lowest BCUT2D eigenvalue weighted by atomic mass is 10.1. The third-order valence-corrected chi connectivity index (χ3v) is 8.60. The van der Waals surface area contributed by atoms with Crippen LogP contribution in [0.1, 0.15) is 49.1 Å². The number of hydrogen-bond acceptors (Lipinski definition) is 7. The molecule has 0 saturated carbocycles. The molecule has 0 bridgehead atoms. The average Bonchev–Trinajstić information content (AvgIpc) is 3.35. The van der Waals surface area contributed by atoms with Crippen molar-refractivity contribution in [3.05, 3.63) is 39.9 Å². The van der Waals surface area contributed by atoms with Gasteiger partial charge in [0.15, 0.2) is 5.13 Å². The minimum absolute atomic E-state index is 0.0717. The molecule has 1 amide bonds. The molecule has 1 unspecified atom stereocenters. The van der Waals surface area contributed by atoms with E-state index in [1.807, 2.05) is 26.0 Å². The van der Waals surface area contributed by atoms with Gasteiger partial charge in [-0.2, -0.15) is 4.31 Å². The van der Waals surface area contributed by atoms with Gasteiger partial charge in [-0.15, -0.1) is 11.3 Å². The summed E-state index contributed by atoms with van der Waals surface area (Å²) in [6.07, 6.45) is 1.01. The van der Waals surface area contributed by atoms with Gasteiger partial charge in [-0.05, 0) is 51.7 Å². The summed E-state index contributed by atoms with van der Waals surface area (Å²) in [6.45, 7) is 9.50. The Balaban J connectivity index is 1.74. The van der Waals surface area contributed by atoms with Crippen LogP contribution in [0.15, 0.2) is 22.4 Å². The molecule has 32 heavy (non-hydrogen) atoms. The maximum atomic E-state index is 13.4. The first-order chi connectivity index (χ1) is 15.1. The fourth-order valence-corrected chi connectivity index (χ4v) is 7.15. The lowest BCUT2D eigenvalue weighted by molar-refractivity contribution is -0.148. The second-order valence-corrected chi connectivity index (χ2v) is 10.7. The maximum absolute atomic E-state index is 13.4. The van der Waals surface area contributed by atoms with Crippen molar-refractivity contribution < 1.29 is 22.7 Å². The summed E-state index contributed by atoms with van der Waals surface area (Å²) in [5.74, 6) is -0.694. The van der Waals surface area contributed by atoms with Gasteiger partial charge in [-0.1, -0.05) is 17.7 Å². The first-order valence-electron chi connectivity index (χ1n) is 10.5. The number of aromatic nitrogens is 1. The van der Waals surface area contributed by atoms with Crippen LogP contribution in [-0.4, -0.2) is 48.7 Å². The smallest absolute Gasteiger partial charge is 0.324 e. The van der Waals surface area contributed by atoms with Gasteiger partial charge < -0.3 is 4.74 Å². The van der Waals surface area contributed by atoms with E-state index >= 15 is 0 Å². The fraction of sp³-hybridized carbons (Fsp3) is 0.500. The third kappa shape index (κ3) is 4.87. The number of aryl methyl sites for hydroxylation is 3.